The van der Waals surface area contributed by atoms with Crippen LogP contribution in [-0.4, -0.2) is 24.5 Å². The van der Waals surface area contributed by atoms with Crippen LogP contribution in [0, 0.1) is 13.8 Å². The van der Waals surface area contributed by atoms with Crippen molar-refractivity contribution in [3.8, 4) is 0 Å². The zero-order chi connectivity index (χ0) is 17.4. The highest BCUT2D eigenvalue weighted by Gasteiger charge is 2.15. The molecule has 1 aromatic rings. The van der Waals surface area contributed by atoms with E-state index < -0.39 is 0 Å². The Labute approximate surface area is 144 Å². The van der Waals surface area contributed by atoms with E-state index in [2.05, 4.69) is 16.0 Å². The number of carbonyl (C=O) groups is 2. The van der Waals surface area contributed by atoms with Gasteiger partial charge in [0.2, 0.25) is 5.91 Å². The zero-order valence-electron chi connectivity index (χ0n) is 14.8. The van der Waals surface area contributed by atoms with Crippen molar-refractivity contribution in [2.45, 2.75) is 64.8 Å². The Morgan fingerprint density at radius 2 is 1.83 bits per heavy atom. The number of anilines is 1. The predicted molar refractivity (Wildman–Crippen MR) is 97.2 cm³/mol. The quantitative estimate of drug-likeness (QED) is 0.696. The predicted octanol–water partition coefficient (Wildman–Crippen LogP) is 3.65. The first-order valence-corrected chi connectivity index (χ1v) is 8.96. The Bertz CT molecular complexity index is 566. The van der Waals surface area contributed by atoms with Gasteiger partial charge in [-0.25, -0.2) is 4.79 Å². The lowest BCUT2D eigenvalue weighted by Gasteiger charge is -2.22. The van der Waals surface area contributed by atoms with Crippen molar-refractivity contribution in [3.05, 3.63) is 29.3 Å². The number of hydrogen-bond acceptors (Lipinski definition) is 2. The minimum Gasteiger partial charge on any atom is -0.338 e. The van der Waals surface area contributed by atoms with Crippen LogP contribution in [0.25, 0.3) is 0 Å². The molecule has 1 aromatic carbocycles. The van der Waals surface area contributed by atoms with Crippen molar-refractivity contribution in [1.82, 2.24) is 10.6 Å². The lowest BCUT2D eigenvalue weighted by molar-refractivity contribution is -0.116. The number of rotatable bonds is 6. The van der Waals surface area contributed by atoms with E-state index in [9.17, 15) is 9.59 Å². The Morgan fingerprint density at radius 3 is 2.54 bits per heavy atom. The number of carbonyl (C=O) groups excluding carboxylic acids is 2. The van der Waals surface area contributed by atoms with Gasteiger partial charge in [0.25, 0.3) is 0 Å². The lowest BCUT2D eigenvalue weighted by atomic mass is 9.96. The van der Waals surface area contributed by atoms with Crippen LogP contribution in [-0.2, 0) is 4.79 Å². The molecule has 3 N–H and O–H groups in total. The molecule has 0 aliphatic heterocycles. The molecule has 24 heavy (non-hydrogen) atoms. The minimum atomic E-state index is -0.114. The molecule has 1 aliphatic rings. The maximum Gasteiger partial charge on any atom is 0.315 e. The Balaban J connectivity index is 1.60. The van der Waals surface area contributed by atoms with Gasteiger partial charge >= 0.3 is 6.03 Å². The molecule has 1 fully saturated rings. The third-order valence-corrected chi connectivity index (χ3v) is 4.60. The van der Waals surface area contributed by atoms with E-state index in [0.29, 0.717) is 25.4 Å². The molecule has 0 saturated heterocycles. The molecule has 2 rings (SSSR count). The fourth-order valence-electron chi connectivity index (χ4n) is 2.98. The summed E-state index contributed by atoms with van der Waals surface area (Å²) in [5, 5.41) is 8.74. The Kier molecular flexibility index (Phi) is 7.09. The van der Waals surface area contributed by atoms with E-state index in [1.54, 1.807) is 0 Å². The first-order valence-electron chi connectivity index (χ1n) is 8.96. The molecule has 0 heterocycles. The van der Waals surface area contributed by atoms with Crippen LogP contribution in [0.5, 0.6) is 0 Å². The van der Waals surface area contributed by atoms with Gasteiger partial charge < -0.3 is 16.0 Å². The summed E-state index contributed by atoms with van der Waals surface area (Å²) in [6.07, 6.45) is 6.85. The van der Waals surface area contributed by atoms with Gasteiger partial charge in [-0.15, -0.1) is 0 Å². The average molecular weight is 331 g/mol. The van der Waals surface area contributed by atoms with Crippen molar-refractivity contribution < 1.29 is 9.59 Å². The molecule has 5 heteroatoms. The van der Waals surface area contributed by atoms with E-state index in [1.165, 1.54) is 24.8 Å². The number of amides is 3. The van der Waals surface area contributed by atoms with E-state index in [1.807, 2.05) is 32.0 Å². The van der Waals surface area contributed by atoms with Crippen molar-refractivity contribution in [3.63, 3.8) is 0 Å². The molecule has 0 spiro atoms. The highest BCUT2D eigenvalue weighted by atomic mass is 16.2. The highest BCUT2D eigenvalue weighted by molar-refractivity contribution is 5.90. The molecule has 0 atom stereocenters. The first-order chi connectivity index (χ1) is 11.5. The van der Waals surface area contributed by atoms with Gasteiger partial charge in [-0.2, -0.15) is 0 Å². The summed E-state index contributed by atoms with van der Waals surface area (Å²) in [4.78, 5) is 23.7. The van der Waals surface area contributed by atoms with Gasteiger partial charge in [0.1, 0.15) is 0 Å². The van der Waals surface area contributed by atoms with Crippen LogP contribution in [0.4, 0.5) is 10.5 Å². The number of nitrogens with one attached hydrogen (secondary N) is 3. The molecule has 0 aromatic heterocycles. The molecule has 132 valence electrons. The summed E-state index contributed by atoms with van der Waals surface area (Å²) >= 11 is 0. The van der Waals surface area contributed by atoms with Crippen LogP contribution >= 0.6 is 0 Å². The fourth-order valence-corrected chi connectivity index (χ4v) is 2.98. The van der Waals surface area contributed by atoms with Crippen molar-refractivity contribution in [1.29, 1.82) is 0 Å². The summed E-state index contributed by atoms with van der Waals surface area (Å²) < 4.78 is 0. The van der Waals surface area contributed by atoms with Crippen molar-refractivity contribution >= 4 is 17.6 Å². The van der Waals surface area contributed by atoms with E-state index in [4.69, 9.17) is 0 Å². The van der Waals surface area contributed by atoms with Crippen LogP contribution in [0.1, 0.15) is 56.1 Å². The minimum absolute atomic E-state index is 0.0206. The summed E-state index contributed by atoms with van der Waals surface area (Å²) in [7, 11) is 0. The molecular formula is C19H29N3O2. The van der Waals surface area contributed by atoms with Crippen LogP contribution < -0.4 is 16.0 Å². The van der Waals surface area contributed by atoms with Gasteiger partial charge in [-0.3, -0.25) is 4.79 Å². The topological polar surface area (TPSA) is 70.2 Å². The Morgan fingerprint density at radius 1 is 1.08 bits per heavy atom. The molecule has 0 radical (unpaired) electrons. The zero-order valence-corrected chi connectivity index (χ0v) is 14.8. The van der Waals surface area contributed by atoms with E-state index >= 15 is 0 Å². The molecule has 5 nitrogen and oxygen atoms in total. The fraction of sp³-hybridized carbons (Fsp3) is 0.579. The van der Waals surface area contributed by atoms with Crippen LogP contribution in [0.3, 0.4) is 0 Å². The largest absolute Gasteiger partial charge is 0.338 e. The van der Waals surface area contributed by atoms with Gasteiger partial charge in [0.05, 0.1) is 0 Å². The van der Waals surface area contributed by atoms with E-state index in [-0.39, 0.29) is 11.9 Å². The average Bonchev–Trinajstić information content (AvgIpc) is 2.56. The highest BCUT2D eigenvalue weighted by Crippen LogP contribution is 2.17. The third kappa shape index (κ3) is 6.22. The maximum absolute atomic E-state index is 11.9. The molecule has 1 saturated carbocycles. The van der Waals surface area contributed by atoms with E-state index in [0.717, 1.165) is 24.1 Å². The smallest absolute Gasteiger partial charge is 0.315 e. The van der Waals surface area contributed by atoms with Crippen LogP contribution in [0.2, 0.25) is 0 Å². The van der Waals surface area contributed by atoms with Gasteiger partial charge in [0.15, 0.2) is 0 Å². The van der Waals surface area contributed by atoms with Gasteiger partial charge in [-0.1, -0.05) is 25.3 Å². The van der Waals surface area contributed by atoms with Crippen molar-refractivity contribution in [2.24, 2.45) is 0 Å². The summed E-state index contributed by atoms with van der Waals surface area (Å²) in [5.41, 5.74) is 3.20. The van der Waals surface area contributed by atoms with Gasteiger partial charge in [-0.05, 0) is 56.4 Å². The van der Waals surface area contributed by atoms with Gasteiger partial charge in [0, 0.05) is 24.7 Å². The van der Waals surface area contributed by atoms with Crippen LogP contribution in [0.15, 0.2) is 18.2 Å². The SMILES string of the molecule is Cc1ccc(NC(=O)CCCNC(=O)NC2CCCCC2)cc1C. The lowest BCUT2D eigenvalue weighted by Crippen LogP contribution is -2.43. The molecule has 1 aliphatic carbocycles. The molecule has 0 unspecified atom stereocenters. The second kappa shape index (κ2) is 9.30. The monoisotopic (exact) mass is 331 g/mol. The summed E-state index contributed by atoms with van der Waals surface area (Å²) in [6, 6.07) is 6.09. The second-order valence-corrected chi connectivity index (χ2v) is 6.69. The number of urea groups is 1. The number of aryl methyl sites for hydroxylation is 2. The summed E-state index contributed by atoms with van der Waals surface area (Å²) in [5.74, 6) is -0.0206. The van der Waals surface area contributed by atoms with Crippen molar-refractivity contribution in [2.75, 3.05) is 11.9 Å². The second-order valence-electron chi connectivity index (χ2n) is 6.69. The third-order valence-electron chi connectivity index (χ3n) is 4.60. The number of hydrogen-bond donors (Lipinski definition) is 3. The normalized spacial score (nSPS) is 14.9. The standard InChI is InChI=1S/C19H29N3O2/c1-14-10-11-17(13-15(14)2)21-18(23)9-6-12-20-19(24)22-16-7-4-3-5-8-16/h10-11,13,16H,3-9,12H2,1-2H3,(H,21,23)(H2,20,22,24). The number of benzene rings is 1. The maximum atomic E-state index is 11.9. The molecule has 0 bridgehead atoms. The first kappa shape index (κ1) is 18.3. The Hall–Kier alpha value is -2.04. The molecule has 3 amide bonds. The summed E-state index contributed by atoms with van der Waals surface area (Å²) in [6.45, 7) is 4.59. The molecular weight excluding hydrogens is 302 g/mol.